The average molecular weight is 864 g/mol. The van der Waals surface area contributed by atoms with Gasteiger partial charge in [0.25, 0.3) is 0 Å². The number of esters is 1. The first-order chi connectivity index (χ1) is 28.4. The van der Waals surface area contributed by atoms with Crippen LogP contribution in [0.3, 0.4) is 0 Å². The number of hydrogen-bond acceptors (Lipinski definition) is 9. The Balaban J connectivity index is 2.91. The zero-order valence-electron chi connectivity index (χ0n) is 37.7. The number of amides is 1. The first-order valence-corrected chi connectivity index (χ1v) is 25.8. The smallest absolute Gasteiger partial charge is 0.457 e. The largest absolute Gasteiger partial charge is 0.470 e. The average Bonchev–Trinajstić information content (AvgIpc) is 3.18. The molecule has 1 saturated heterocycles. The molecule has 13 heteroatoms. The summed E-state index contributed by atoms with van der Waals surface area (Å²) in [5.41, 5.74) is 0. The lowest BCUT2D eigenvalue weighted by Gasteiger charge is -2.43. The monoisotopic (exact) mass is 864 g/mol. The van der Waals surface area contributed by atoms with E-state index in [1.165, 1.54) is 116 Å². The summed E-state index contributed by atoms with van der Waals surface area (Å²) in [6.07, 6.45) is 27.4. The summed E-state index contributed by atoms with van der Waals surface area (Å²) >= 11 is 0. The molecule has 0 bridgehead atoms. The molecule has 0 aromatic carbocycles. The van der Waals surface area contributed by atoms with Crippen molar-refractivity contribution < 1.29 is 53.3 Å². The molecule has 1 fully saturated rings. The molecule has 6 N–H and O–H groups in total. The second-order valence-electron chi connectivity index (χ2n) is 17.5. The van der Waals surface area contributed by atoms with Gasteiger partial charge in [0.15, 0.2) is 12.4 Å². The van der Waals surface area contributed by atoms with Gasteiger partial charge in [0.2, 0.25) is 5.91 Å². The number of carbonyl (C=O) groups is 2. The minimum absolute atomic E-state index is 0.0323. The van der Waals surface area contributed by atoms with Gasteiger partial charge in [-0.25, -0.2) is 4.57 Å². The number of aliphatic hydroxyl groups is 3. The van der Waals surface area contributed by atoms with Gasteiger partial charge in [-0.15, -0.1) is 0 Å². The highest BCUT2D eigenvalue weighted by atomic mass is 31.2. The van der Waals surface area contributed by atoms with Crippen molar-refractivity contribution in [1.29, 1.82) is 0 Å². The van der Waals surface area contributed by atoms with Crippen molar-refractivity contribution in [3.63, 3.8) is 0 Å². The van der Waals surface area contributed by atoms with Crippen molar-refractivity contribution in [2.45, 2.75) is 269 Å². The van der Waals surface area contributed by atoms with E-state index in [-0.39, 0.29) is 18.8 Å². The number of phosphoric acid groups is 1. The van der Waals surface area contributed by atoms with Crippen LogP contribution >= 0.6 is 7.82 Å². The number of rotatable bonds is 40. The fraction of sp³-hybridized carbons (Fsp3) is 0.957. The minimum Gasteiger partial charge on any atom is -0.457 e. The number of nitrogens with one attached hydrogen (secondary N) is 1. The maximum absolute atomic E-state index is 13.7. The third-order valence-corrected chi connectivity index (χ3v) is 12.4. The summed E-state index contributed by atoms with van der Waals surface area (Å²) in [6.45, 7) is 5.85. The van der Waals surface area contributed by atoms with Crippen LogP contribution in [0.25, 0.3) is 0 Å². The Morgan fingerprint density at radius 1 is 0.610 bits per heavy atom. The SMILES string of the molecule is CCCCCCCCCCCCC(CCCCCCCCCCC)CC(=O)O[C@H]1[C@H](OP(=O)(O)O)[C@@H](CO)OC(O)[C@@H]1NC(=O)CC(O)CCCCCCCCCCC. The number of unbranched alkanes of at least 4 members (excludes halogenated alkanes) is 25. The molecule has 1 aliphatic heterocycles. The van der Waals surface area contributed by atoms with Crippen molar-refractivity contribution >= 4 is 19.7 Å². The molecule has 350 valence electrons. The van der Waals surface area contributed by atoms with E-state index in [9.17, 15) is 39.3 Å². The Bertz CT molecular complexity index is 1060. The van der Waals surface area contributed by atoms with Crippen molar-refractivity contribution in [1.82, 2.24) is 5.32 Å². The second-order valence-corrected chi connectivity index (χ2v) is 18.7. The van der Waals surface area contributed by atoms with E-state index in [2.05, 4.69) is 26.1 Å². The van der Waals surface area contributed by atoms with E-state index in [4.69, 9.17) is 14.0 Å². The maximum atomic E-state index is 13.7. The molecule has 0 aliphatic carbocycles. The number of carbonyl (C=O) groups excluding carboxylic acids is 2. The van der Waals surface area contributed by atoms with E-state index in [1.54, 1.807) is 0 Å². The van der Waals surface area contributed by atoms with E-state index in [0.29, 0.717) is 6.42 Å². The Morgan fingerprint density at radius 2 is 1.00 bits per heavy atom. The number of hydrogen-bond donors (Lipinski definition) is 6. The molecule has 1 amide bonds. The predicted octanol–water partition coefficient (Wildman–Crippen LogP) is 10.5. The molecular formula is C46H90NO11P. The van der Waals surface area contributed by atoms with Gasteiger partial charge in [0.1, 0.15) is 18.2 Å². The normalized spacial score (nSPS) is 20.7. The van der Waals surface area contributed by atoms with Gasteiger partial charge in [-0.3, -0.25) is 14.1 Å². The van der Waals surface area contributed by atoms with Gasteiger partial charge in [0, 0.05) is 6.42 Å². The van der Waals surface area contributed by atoms with Crippen LogP contribution in [0.2, 0.25) is 0 Å². The maximum Gasteiger partial charge on any atom is 0.470 e. The Hall–Kier alpha value is -1.11. The van der Waals surface area contributed by atoms with Crippen molar-refractivity contribution in [3.05, 3.63) is 0 Å². The van der Waals surface area contributed by atoms with E-state index >= 15 is 0 Å². The zero-order valence-corrected chi connectivity index (χ0v) is 38.6. The van der Waals surface area contributed by atoms with Gasteiger partial charge in [-0.05, 0) is 25.2 Å². The molecule has 59 heavy (non-hydrogen) atoms. The Kier molecular flexibility index (Phi) is 34.5. The molecular weight excluding hydrogens is 773 g/mol. The predicted molar refractivity (Wildman–Crippen MR) is 236 cm³/mol. The second kappa shape index (κ2) is 36.4. The van der Waals surface area contributed by atoms with Crippen molar-refractivity contribution in [2.24, 2.45) is 5.92 Å². The lowest BCUT2D eigenvalue weighted by Crippen LogP contribution is -2.65. The lowest BCUT2D eigenvalue weighted by molar-refractivity contribution is -0.256. The highest BCUT2D eigenvalue weighted by molar-refractivity contribution is 7.46. The Labute approximate surface area is 359 Å². The summed E-state index contributed by atoms with van der Waals surface area (Å²) in [6, 6.07) is -1.47. The quantitative estimate of drug-likeness (QED) is 0.0195. The molecule has 0 aromatic heterocycles. The summed E-state index contributed by atoms with van der Waals surface area (Å²) in [4.78, 5) is 46.5. The third-order valence-electron chi connectivity index (χ3n) is 11.9. The molecule has 0 saturated carbocycles. The van der Waals surface area contributed by atoms with Crippen LogP contribution in [-0.2, 0) is 28.2 Å². The fourth-order valence-corrected chi connectivity index (χ4v) is 8.92. The number of phosphoric ester groups is 1. The molecule has 1 aliphatic rings. The first kappa shape index (κ1) is 55.9. The van der Waals surface area contributed by atoms with E-state index < -0.39 is 63.1 Å². The third kappa shape index (κ3) is 29.8. The van der Waals surface area contributed by atoms with Gasteiger partial charge < -0.3 is 39.9 Å². The number of ether oxygens (including phenoxy) is 2. The Morgan fingerprint density at radius 3 is 1.39 bits per heavy atom. The molecule has 1 heterocycles. The van der Waals surface area contributed by atoms with Crippen LogP contribution in [0.5, 0.6) is 0 Å². The zero-order chi connectivity index (χ0) is 43.6. The summed E-state index contributed by atoms with van der Waals surface area (Å²) in [7, 11) is -5.21. The first-order valence-electron chi connectivity index (χ1n) is 24.3. The van der Waals surface area contributed by atoms with Crippen molar-refractivity contribution in [3.8, 4) is 0 Å². The number of aliphatic hydroxyl groups excluding tert-OH is 3. The summed E-state index contributed by atoms with van der Waals surface area (Å²) in [5.74, 6) is -1.26. The van der Waals surface area contributed by atoms with Gasteiger partial charge in [0.05, 0.1) is 19.1 Å². The van der Waals surface area contributed by atoms with Crippen LogP contribution in [0, 0.1) is 5.92 Å². The molecule has 0 spiro atoms. The van der Waals surface area contributed by atoms with Crippen LogP contribution in [0.4, 0.5) is 0 Å². The van der Waals surface area contributed by atoms with Crippen LogP contribution in [0.1, 0.15) is 233 Å². The van der Waals surface area contributed by atoms with Crippen LogP contribution in [-0.4, -0.2) is 80.3 Å². The highest BCUT2D eigenvalue weighted by Crippen LogP contribution is 2.42. The minimum atomic E-state index is -5.21. The topological polar surface area (TPSA) is 192 Å². The van der Waals surface area contributed by atoms with Crippen molar-refractivity contribution in [2.75, 3.05) is 6.61 Å². The molecule has 0 radical (unpaired) electrons. The molecule has 7 atom stereocenters. The highest BCUT2D eigenvalue weighted by Gasteiger charge is 2.51. The summed E-state index contributed by atoms with van der Waals surface area (Å²) in [5, 5.41) is 34.3. The molecule has 3 unspecified atom stereocenters. The van der Waals surface area contributed by atoms with Gasteiger partial charge in [-0.2, -0.15) is 0 Å². The molecule has 0 aromatic rings. The molecule has 12 nitrogen and oxygen atoms in total. The van der Waals surface area contributed by atoms with Gasteiger partial charge in [-0.1, -0.05) is 201 Å². The standard InChI is InChI=1S/C46H90NO11P/c1-4-7-10-13-16-19-22-24-27-30-33-38(32-29-26-23-20-17-14-11-8-5-2)35-42(51)57-45-43(46(52)56-40(37-48)44(45)58-59(53,54)55)47-41(50)36-39(49)34-31-28-25-21-18-15-12-9-6-3/h38-40,43-46,48-49,52H,4-37H2,1-3H3,(H,47,50)(H2,53,54,55)/t38?,39?,40-,43-,44-,45-,46?/m1/s1. The molecule has 1 rings (SSSR count). The fourth-order valence-electron chi connectivity index (χ4n) is 8.35. The summed E-state index contributed by atoms with van der Waals surface area (Å²) < 4.78 is 28.4. The van der Waals surface area contributed by atoms with Crippen LogP contribution < -0.4 is 5.32 Å². The van der Waals surface area contributed by atoms with E-state index in [1.807, 2.05) is 0 Å². The lowest BCUT2D eigenvalue weighted by atomic mass is 9.91. The van der Waals surface area contributed by atoms with Crippen LogP contribution in [0.15, 0.2) is 0 Å². The van der Waals surface area contributed by atoms with E-state index in [0.717, 1.165) is 77.0 Å². The van der Waals surface area contributed by atoms with Gasteiger partial charge >= 0.3 is 13.8 Å².